The monoisotopic (exact) mass is 521 g/mol. The zero-order valence-electron chi connectivity index (χ0n) is 21.3. The van der Waals surface area contributed by atoms with Gasteiger partial charge in [-0.05, 0) is 50.4 Å². The van der Waals surface area contributed by atoms with Gasteiger partial charge in [-0.25, -0.2) is 4.98 Å². The number of anilines is 1. The van der Waals surface area contributed by atoms with Gasteiger partial charge in [-0.3, -0.25) is 14.3 Å². The van der Waals surface area contributed by atoms with E-state index in [2.05, 4.69) is 81.8 Å². The smallest absolute Gasteiger partial charge is 0.280 e. The molecule has 0 unspecified atom stereocenters. The number of benzene rings is 4. The van der Waals surface area contributed by atoms with Crippen LogP contribution >= 0.6 is 0 Å². The number of nitrogens with zero attached hydrogens (tertiary/aromatic N) is 3. The molecule has 0 spiro atoms. The van der Waals surface area contributed by atoms with Crippen molar-refractivity contribution in [3.8, 4) is 0 Å². The number of ether oxygens (including phenoxy) is 1. The van der Waals surface area contributed by atoms with E-state index in [1.807, 2.05) is 6.07 Å². The van der Waals surface area contributed by atoms with Crippen molar-refractivity contribution in [3.63, 3.8) is 0 Å². The van der Waals surface area contributed by atoms with Crippen molar-refractivity contribution >= 4 is 49.4 Å². The third-order valence-electron chi connectivity index (χ3n) is 7.84. The predicted octanol–water partition coefficient (Wildman–Crippen LogP) is 4.14. The van der Waals surface area contributed by atoms with Crippen molar-refractivity contribution in [1.82, 2.24) is 19.5 Å². The summed E-state index contributed by atoms with van der Waals surface area (Å²) in [5.74, 6) is 0.310. The molecule has 3 heterocycles. The fourth-order valence-electron chi connectivity index (χ4n) is 5.91. The molecule has 1 fully saturated rings. The lowest BCUT2D eigenvalue weighted by molar-refractivity contribution is -0.0432. The zero-order chi connectivity index (χ0) is 26.7. The van der Waals surface area contributed by atoms with Crippen molar-refractivity contribution < 1.29 is 14.9 Å². The van der Waals surface area contributed by atoms with Crippen LogP contribution in [-0.4, -0.2) is 48.5 Å². The summed E-state index contributed by atoms with van der Waals surface area (Å²) in [6, 6.07) is 21.1. The summed E-state index contributed by atoms with van der Waals surface area (Å²) in [6.07, 6.45) is -0.326. The molecule has 39 heavy (non-hydrogen) atoms. The molecule has 4 N–H and O–H groups in total. The van der Waals surface area contributed by atoms with Crippen LogP contribution in [0.3, 0.4) is 0 Å². The van der Waals surface area contributed by atoms with E-state index in [4.69, 9.17) is 4.74 Å². The molecule has 1 aliphatic heterocycles. The van der Waals surface area contributed by atoms with Gasteiger partial charge in [0, 0.05) is 13.0 Å². The number of aliphatic hydroxyl groups is 2. The van der Waals surface area contributed by atoms with Gasteiger partial charge in [0.15, 0.2) is 11.2 Å². The van der Waals surface area contributed by atoms with Gasteiger partial charge in [-0.2, -0.15) is 4.98 Å². The van der Waals surface area contributed by atoms with Gasteiger partial charge in [-0.15, -0.1) is 0 Å². The fourth-order valence-corrected chi connectivity index (χ4v) is 5.91. The summed E-state index contributed by atoms with van der Waals surface area (Å²) in [7, 11) is 0. The summed E-state index contributed by atoms with van der Waals surface area (Å²) in [6.45, 7) is 2.31. The molecule has 2 aromatic heterocycles. The first-order chi connectivity index (χ1) is 19.0. The second-order valence-electron chi connectivity index (χ2n) is 10.1. The summed E-state index contributed by atoms with van der Waals surface area (Å²) in [5, 5.41) is 30.1. The van der Waals surface area contributed by atoms with Crippen molar-refractivity contribution in [3.05, 3.63) is 88.5 Å². The van der Waals surface area contributed by atoms with Crippen molar-refractivity contribution in [2.45, 2.75) is 38.3 Å². The lowest BCUT2D eigenvalue weighted by atomic mass is 9.89. The van der Waals surface area contributed by atoms with E-state index in [0.29, 0.717) is 18.1 Å². The normalized spacial score (nSPS) is 19.5. The van der Waals surface area contributed by atoms with Crippen LogP contribution in [0.25, 0.3) is 43.5 Å². The Morgan fingerprint density at radius 2 is 1.82 bits per heavy atom. The lowest BCUT2D eigenvalue weighted by Gasteiger charge is -2.17. The molecule has 0 amide bonds. The van der Waals surface area contributed by atoms with E-state index >= 15 is 0 Å². The number of hydrogen-bond donors (Lipinski definition) is 4. The molecule has 4 aromatic carbocycles. The van der Waals surface area contributed by atoms with Gasteiger partial charge in [0.05, 0.1) is 19.0 Å². The number of hydrogen-bond acceptors (Lipinski definition) is 7. The van der Waals surface area contributed by atoms with Crippen LogP contribution in [0.2, 0.25) is 0 Å². The molecule has 0 saturated carbocycles. The standard InChI is InChI=1S/C30H27N5O4/c1-16-18-7-4-5-9-20(18)22(21-11-10-17-6-2-3-8-19(17)26(16)21)13-31-30-33-28-27(29(38)34-30)32-15-35(28)25-12-23(37)24(14-36)39-25/h2-11,15,23-25,36-37H,12-14H2,1H3,(H2,31,33,34,38)/t23-,24+,25+/m0/s1. The number of fused-ring (bicyclic) bond motifs is 5. The minimum atomic E-state index is -0.809. The number of aliphatic hydroxyl groups excluding tert-OH is 2. The first kappa shape index (κ1) is 23.8. The van der Waals surface area contributed by atoms with E-state index in [1.54, 1.807) is 4.57 Å². The largest absolute Gasteiger partial charge is 0.394 e. The molecule has 0 radical (unpaired) electrons. The Hall–Kier alpha value is -4.31. The Kier molecular flexibility index (Phi) is 5.59. The van der Waals surface area contributed by atoms with E-state index < -0.39 is 18.4 Å². The molecule has 0 aliphatic carbocycles. The predicted molar refractivity (Wildman–Crippen MR) is 151 cm³/mol. The molecule has 7 rings (SSSR count). The number of imidazole rings is 1. The average Bonchev–Trinajstić information content (AvgIpc) is 3.56. The second-order valence-corrected chi connectivity index (χ2v) is 10.1. The first-order valence-electron chi connectivity index (χ1n) is 13.0. The van der Waals surface area contributed by atoms with Gasteiger partial charge in [0.1, 0.15) is 12.3 Å². The van der Waals surface area contributed by atoms with Crippen LogP contribution < -0.4 is 10.9 Å². The van der Waals surface area contributed by atoms with Crippen LogP contribution in [0.4, 0.5) is 5.95 Å². The summed E-state index contributed by atoms with van der Waals surface area (Å²) >= 11 is 0. The number of H-pyrrole nitrogens is 1. The number of aromatic amines is 1. The molecule has 1 aliphatic rings. The quantitative estimate of drug-likeness (QED) is 0.198. The molecule has 1 saturated heterocycles. The van der Waals surface area contributed by atoms with E-state index in [-0.39, 0.29) is 24.1 Å². The van der Waals surface area contributed by atoms with E-state index in [1.165, 1.54) is 33.4 Å². The fraction of sp³-hybridized carbons (Fsp3) is 0.233. The molecule has 196 valence electrons. The molecule has 9 nitrogen and oxygen atoms in total. The minimum Gasteiger partial charge on any atom is -0.394 e. The van der Waals surface area contributed by atoms with Gasteiger partial charge in [-0.1, -0.05) is 60.7 Å². The van der Waals surface area contributed by atoms with Crippen molar-refractivity contribution in [1.29, 1.82) is 0 Å². The van der Waals surface area contributed by atoms with Crippen molar-refractivity contribution in [2.75, 3.05) is 11.9 Å². The highest BCUT2D eigenvalue weighted by molar-refractivity contribution is 6.16. The Morgan fingerprint density at radius 1 is 1.05 bits per heavy atom. The maximum Gasteiger partial charge on any atom is 0.280 e. The average molecular weight is 522 g/mol. The van der Waals surface area contributed by atoms with Gasteiger partial charge in [0.2, 0.25) is 5.95 Å². The third-order valence-corrected chi connectivity index (χ3v) is 7.84. The molecule has 3 atom stereocenters. The molecular formula is C30H27N5O4. The topological polar surface area (TPSA) is 125 Å². The highest BCUT2D eigenvalue weighted by Crippen LogP contribution is 2.37. The van der Waals surface area contributed by atoms with Gasteiger partial charge in [0.25, 0.3) is 5.56 Å². The Balaban J connectivity index is 1.32. The highest BCUT2D eigenvalue weighted by atomic mass is 16.5. The summed E-state index contributed by atoms with van der Waals surface area (Å²) in [4.78, 5) is 24.6. The minimum absolute atomic E-state index is 0.184. The van der Waals surface area contributed by atoms with Crippen LogP contribution in [0.15, 0.2) is 71.8 Å². The van der Waals surface area contributed by atoms with Crippen LogP contribution in [0.1, 0.15) is 23.8 Å². The number of aromatic nitrogens is 4. The number of rotatable bonds is 5. The first-order valence-corrected chi connectivity index (χ1v) is 13.0. The zero-order valence-corrected chi connectivity index (χ0v) is 21.3. The Morgan fingerprint density at radius 3 is 2.62 bits per heavy atom. The molecule has 0 bridgehead atoms. The second kappa shape index (κ2) is 9.16. The number of aryl methyl sites for hydroxylation is 1. The maximum atomic E-state index is 12.9. The van der Waals surface area contributed by atoms with Gasteiger partial charge >= 0.3 is 0 Å². The Labute approximate surface area is 222 Å². The lowest BCUT2D eigenvalue weighted by Crippen LogP contribution is -2.24. The summed E-state index contributed by atoms with van der Waals surface area (Å²) in [5.41, 5.74) is 2.51. The molecular weight excluding hydrogens is 494 g/mol. The van der Waals surface area contributed by atoms with Crippen LogP contribution in [0, 0.1) is 6.92 Å². The highest BCUT2D eigenvalue weighted by Gasteiger charge is 2.35. The van der Waals surface area contributed by atoms with E-state index in [0.717, 1.165) is 16.3 Å². The van der Waals surface area contributed by atoms with Crippen molar-refractivity contribution in [2.24, 2.45) is 0 Å². The third kappa shape index (κ3) is 3.77. The van der Waals surface area contributed by atoms with Crippen LogP contribution in [0.5, 0.6) is 0 Å². The summed E-state index contributed by atoms with van der Waals surface area (Å²) < 4.78 is 7.41. The van der Waals surface area contributed by atoms with E-state index in [9.17, 15) is 15.0 Å². The molecule has 9 heteroatoms. The van der Waals surface area contributed by atoms with Crippen LogP contribution in [-0.2, 0) is 11.3 Å². The van der Waals surface area contributed by atoms with Gasteiger partial charge < -0.3 is 20.3 Å². The SMILES string of the molecule is Cc1c2ccccc2c(CNc2nc3c(ncn3[C@H]3C[C@H](O)[C@@H](CO)O3)c(=O)[nH]2)c2ccc3ccccc3c12. The molecule has 6 aromatic rings. The Bertz CT molecular complexity index is 1950. The number of nitrogens with one attached hydrogen (secondary N) is 2. The maximum absolute atomic E-state index is 12.9.